The number of rotatable bonds is 5. The molecule has 0 heterocycles. The molecule has 1 aliphatic carbocycles. The highest BCUT2D eigenvalue weighted by Gasteiger charge is 2.16. The van der Waals surface area contributed by atoms with Gasteiger partial charge in [0.25, 0.3) is 0 Å². The molecule has 0 aromatic rings. The van der Waals surface area contributed by atoms with Crippen molar-refractivity contribution >= 4 is 11.9 Å². The van der Waals surface area contributed by atoms with Crippen LogP contribution in [0.25, 0.3) is 0 Å². The lowest BCUT2D eigenvalue weighted by Gasteiger charge is -2.20. The lowest BCUT2D eigenvalue weighted by atomic mass is 9.98. The van der Waals surface area contributed by atoms with Gasteiger partial charge in [-0.1, -0.05) is 13.3 Å². The lowest BCUT2D eigenvalue weighted by Crippen LogP contribution is -2.30. The first-order valence-corrected chi connectivity index (χ1v) is 6.81. The van der Waals surface area contributed by atoms with E-state index in [4.69, 9.17) is 4.74 Å². The molecule has 1 N–H and O–H groups in total. The van der Waals surface area contributed by atoms with Crippen LogP contribution in [0.2, 0.25) is 0 Å². The third-order valence-corrected chi connectivity index (χ3v) is 3.21. The highest BCUT2D eigenvalue weighted by Crippen LogP contribution is 2.20. The summed E-state index contributed by atoms with van der Waals surface area (Å²) < 4.78 is 5.27. The zero-order valence-corrected chi connectivity index (χ0v) is 11.3. The van der Waals surface area contributed by atoms with Gasteiger partial charge in [-0.15, -0.1) is 0 Å². The number of amides is 1. The Balaban J connectivity index is 2.27. The fourth-order valence-corrected chi connectivity index (χ4v) is 1.92. The molecule has 102 valence electrons. The Hall–Kier alpha value is -1.32. The van der Waals surface area contributed by atoms with Crippen LogP contribution in [0, 0.1) is 0 Å². The van der Waals surface area contributed by atoms with Gasteiger partial charge in [0, 0.05) is 18.2 Å². The largest absolute Gasteiger partial charge is 0.459 e. The molecule has 0 aliphatic heterocycles. The summed E-state index contributed by atoms with van der Waals surface area (Å²) in [5.41, 5.74) is 0. The summed E-state index contributed by atoms with van der Waals surface area (Å²) >= 11 is 0. The van der Waals surface area contributed by atoms with Crippen LogP contribution in [0.5, 0.6) is 0 Å². The maximum Gasteiger partial charge on any atom is 0.331 e. The van der Waals surface area contributed by atoms with E-state index in [-0.39, 0.29) is 18.1 Å². The van der Waals surface area contributed by atoms with E-state index < -0.39 is 5.97 Å². The van der Waals surface area contributed by atoms with Gasteiger partial charge in [0.2, 0.25) is 5.91 Å². The fourth-order valence-electron chi connectivity index (χ4n) is 1.92. The number of hydrogen-bond donors (Lipinski definition) is 1. The van der Waals surface area contributed by atoms with Gasteiger partial charge in [0.1, 0.15) is 6.10 Å². The van der Waals surface area contributed by atoms with Crippen molar-refractivity contribution in [3.8, 4) is 0 Å². The molecule has 0 bridgehead atoms. The maximum atomic E-state index is 11.5. The second-order valence-electron chi connectivity index (χ2n) is 4.85. The summed E-state index contributed by atoms with van der Waals surface area (Å²) in [6.45, 7) is 3.91. The highest BCUT2D eigenvalue weighted by atomic mass is 16.5. The molecule has 0 saturated heterocycles. The van der Waals surface area contributed by atoms with Gasteiger partial charge in [-0.3, -0.25) is 4.79 Å². The van der Waals surface area contributed by atoms with Crippen LogP contribution in [-0.4, -0.2) is 24.0 Å². The van der Waals surface area contributed by atoms with Gasteiger partial charge in [0.05, 0.1) is 0 Å². The Labute approximate surface area is 109 Å². The van der Waals surface area contributed by atoms with Gasteiger partial charge >= 0.3 is 5.97 Å². The number of carbonyl (C=O) groups is 2. The SMILES string of the molecule is CCC(C)NC(=O)C=CC(=O)OC1CCCCC1. The standard InChI is InChI=1S/C14H23NO3/c1-3-11(2)15-13(16)9-10-14(17)18-12-7-5-4-6-8-12/h9-12H,3-8H2,1-2H3,(H,15,16). The van der Waals surface area contributed by atoms with Crippen LogP contribution in [0.4, 0.5) is 0 Å². The minimum absolute atomic E-state index is 0.0357. The molecule has 1 saturated carbocycles. The molecule has 1 amide bonds. The van der Waals surface area contributed by atoms with Crippen LogP contribution < -0.4 is 5.32 Å². The van der Waals surface area contributed by atoms with Crippen LogP contribution in [0.3, 0.4) is 0 Å². The lowest BCUT2D eigenvalue weighted by molar-refractivity contribution is -0.144. The molecule has 18 heavy (non-hydrogen) atoms. The summed E-state index contributed by atoms with van der Waals surface area (Å²) in [4.78, 5) is 22.9. The van der Waals surface area contributed by atoms with Crippen molar-refractivity contribution in [1.82, 2.24) is 5.32 Å². The molecule has 4 nitrogen and oxygen atoms in total. The van der Waals surface area contributed by atoms with E-state index in [1.807, 2.05) is 13.8 Å². The minimum atomic E-state index is -0.416. The molecule has 1 unspecified atom stereocenters. The van der Waals surface area contributed by atoms with E-state index in [0.29, 0.717) is 0 Å². The summed E-state index contributed by atoms with van der Waals surface area (Å²) in [6.07, 6.45) is 8.72. The second-order valence-corrected chi connectivity index (χ2v) is 4.85. The minimum Gasteiger partial charge on any atom is -0.459 e. The van der Waals surface area contributed by atoms with Crippen molar-refractivity contribution in [2.75, 3.05) is 0 Å². The van der Waals surface area contributed by atoms with Gasteiger partial charge in [-0.2, -0.15) is 0 Å². The molecule has 1 atom stereocenters. The van der Waals surface area contributed by atoms with Gasteiger partial charge in [-0.05, 0) is 39.0 Å². The number of esters is 1. The summed E-state index contributed by atoms with van der Waals surface area (Å²) in [6, 6.07) is 0.122. The van der Waals surface area contributed by atoms with Crippen LogP contribution in [-0.2, 0) is 14.3 Å². The van der Waals surface area contributed by atoms with E-state index in [1.165, 1.54) is 18.6 Å². The monoisotopic (exact) mass is 253 g/mol. The third-order valence-electron chi connectivity index (χ3n) is 3.21. The van der Waals surface area contributed by atoms with Crippen molar-refractivity contribution in [3.05, 3.63) is 12.2 Å². The summed E-state index contributed by atoms with van der Waals surface area (Å²) in [5, 5.41) is 2.76. The molecule has 1 fully saturated rings. The molecule has 1 rings (SSSR count). The first kappa shape index (κ1) is 14.7. The Kier molecular flexibility index (Phi) is 6.47. The second kappa shape index (κ2) is 7.90. The molecule has 1 aliphatic rings. The van der Waals surface area contributed by atoms with Gasteiger partial charge < -0.3 is 10.1 Å². The number of nitrogens with one attached hydrogen (secondary N) is 1. The number of carbonyl (C=O) groups excluding carboxylic acids is 2. The van der Waals surface area contributed by atoms with Crippen LogP contribution in [0.15, 0.2) is 12.2 Å². The molecule has 0 radical (unpaired) electrons. The van der Waals surface area contributed by atoms with Crippen molar-refractivity contribution in [2.45, 2.75) is 64.5 Å². The van der Waals surface area contributed by atoms with Crippen LogP contribution in [0.1, 0.15) is 52.4 Å². The van der Waals surface area contributed by atoms with Crippen molar-refractivity contribution in [3.63, 3.8) is 0 Å². The van der Waals surface area contributed by atoms with E-state index >= 15 is 0 Å². The molecule has 4 heteroatoms. The van der Waals surface area contributed by atoms with Gasteiger partial charge in [0.15, 0.2) is 0 Å². The molecule has 0 aromatic heterocycles. The van der Waals surface area contributed by atoms with Crippen molar-refractivity contribution in [1.29, 1.82) is 0 Å². The average molecular weight is 253 g/mol. The molecular weight excluding hydrogens is 230 g/mol. The highest BCUT2D eigenvalue weighted by molar-refractivity contribution is 5.94. The normalized spacial score (nSPS) is 18.6. The Morgan fingerprint density at radius 3 is 2.56 bits per heavy atom. The third kappa shape index (κ3) is 5.84. The first-order chi connectivity index (χ1) is 8.61. The fraction of sp³-hybridized carbons (Fsp3) is 0.714. The number of ether oxygens (including phenoxy) is 1. The predicted octanol–water partition coefficient (Wildman–Crippen LogP) is 2.33. The zero-order chi connectivity index (χ0) is 13.4. The van der Waals surface area contributed by atoms with E-state index in [1.54, 1.807) is 0 Å². The molecule has 0 aromatic carbocycles. The first-order valence-electron chi connectivity index (χ1n) is 6.81. The summed E-state index contributed by atoms with van der Waals surface area (Å²) in [5.74, 6) is -0.661. The van der Waals surface area contributed by atoms with E-state index in [9.17, 15) is 9.59 Å². The quantitative estimate of drug-likeness (QED) is 0.604. The van der Waals surface area contributed by atoms with E-state index in [2.05, 4.69) is 5.32 Å². The smallest absolute Gasteiger partial charge is 0.331 e. The summed E-state index contributed by atoms with van der Waals surface area (Å²) in [7, 11) is 0. The maximum absolute atomic E-state index is 11.5. The topological polar surface area (TPSA) is 55.4 Å². The predicted molar refractivity (Wildman–Crippen MR) is 70.0 cm³/mol. The Bertz CT molecular complexity index is 306. The number of hydrogen-bond acceptors (Lipinski definition) is 3. The van der Waals surface area contributed by atoms with Crippen molar-refractivity contribution < 1.29 is 14.3 Å². The van der Waals surface area contributed by atoms with Crippen LogP contribution >= 0.6 is 0 Å². The molecule has 0 spiro atoms. The molecular formula is C14H23NO3. The zero-order valence-electron chi connectivity index (χ0n) is 11.3. The average Bonchev–Trinajstić information content (AvgIpc) is 2.37. The Morgan fingerprint density at radius 2 is 1.94 bits per heavy atom. The van der Waals surface area contributed by atoms with Crippen molar-refractivity contribution in [2.24, 2.45) is 0 Å². The Morgan fingerprint density at radius 1 is 1.28 bits per heavy atom. The van der Waals surface area contributed by atoms with Gasteiger partial charge in [-0.25, -0.2) is 4.79 Å². The van der Waals surface area contributed by atoms with E-state index in [0.717, 1.165) is 32.1 Å².